The predicted molar refractivity (Wildman–Crippen MR) is 111 cm³/mol. The van der Waals surface area contributed by atoms with Gasteiger partial charge in [0.05, 0.1) is 12.2 Å². The van der Waals surface area contributed by atoms with E-state index in [1.165, 1.54) is 13.0 Å². The molecule has 0 radical (unpaired) electrons. The number of rotatable bonds is 7. The number of ether oxygens (including phenoxy) is 1. The van der Waals surface area contributed by atoms with E-state index in [1.54, 1.807) is 0 Å². The molecule has 194 valence electrons. The van der Waals surface area contributed by atoms with Gasteiger partial charge < -0.3 is 20.3 Å². The third-order valence-electron chi connectivity index (χ3n) is 6.16. The van der Waals surface area contributed by atoms with Crippen LogP contribution in [0.2, 0.25) is 0 Å². The molecule has 2 atom stereocenters. The number of nitrogens with zero attached hydrogens (tertiary/aromatic N) is 2. The molecule has 1 heterocycles. The molecule has 35 heavy (non-hydrogen) atoms. The van der Waals surface area contributed by atoms with Gasteiger partial charge in [0.2, 0.25) is 11.8 Å². The Bertz CT molecular complexity index is 1020. The van der Waals surface area contributed by atoms with E-state index >= 15 is 0 Å². The van der Waals surface area contributed by atoms with E-state index in [-0.39, 0.29) is 28.8 Å². The maximum absolute atomic E-state index is 14.2. The van der Waals surface area contributed by atoms with E-state index in [1.807, 2.05) is 0 Å². The Labute approximate surface area is 197 Å². The lowest BCUT2D eigenvalue weighted by Crippen LogP contribution is -2.63. The minimum absolute atomic E-state index is 0.00733. The number of fused-ring (bicyclic) bond motifs is 1. The molecule has 0 bridgehead atoms. The Morgan fingerprint density at radius 3 is 2.29 bits per heavy atom. The molecule has 1 aromatic rings. The Balaban J connectivity index is 2.14. The molecule has 2 N–H and O–H groups in total. The van der Waals surface area contributed by atoms with Crippen LogP contribution in [0.1, 0.15) is 33.6 Å². The number of benzene rings is 1. The summed E-state index contributed by atoms with van der Waals surface area (Å²) in [6.45, 7) is 0.876. The molecule has 0 saturated heterocycles. The molecule has 1 aromatic carbocycles. The van der Waals surface area contributed by atoms with Crippen molar-refractivity contribution in [1.82, 2.24) is 4.90 Å². The summed E-state index contributed by atoms with van der Waals surface area (Å²) in [5, 5.41) is 0. The highest BCUT2D eigenvalue weighted by Gasteiger charge is 2.61. The summed E-state index contributed by atoms with van der Waals surface area (Å²) in [6, 6.07) is 1.21. The van der Waals surface area contributed by atoms with Crippen molar-refractivity contribution in [3.63, 3.8) is 0 Å². The van der Waals surface area contributed by atoms with Crippen LogP contribution in [0.15, 0.2) is 18.2 Å². The summed E-state index contributed by atoms with van der Waals surface area (Å²) in [4.78, 5) is 39.8. The summed E-state index contributed by atoms with van der Waals surface area (Å²) >= 11 is 0. The fraction of sp³-hybridized carbons (Fsp3) is 0.591. The van der Waals surface area contributed by atoms with E-state index in [2.05, 4.69) is 0 Å². The van der Waals surface area contributed by atoms with Crippen LogP contribution in [0.3, 0.4) is 0 Å². The van der Waals surface area contributed by atoms with Gasteiger partial charge in [-0.2, -0.15) is 22.0 Å². The molecule has 13 heteroatoms. The van der Waals surface area contributed by atoms with Crippen LogP contribution in [0.25, 0.3) is 0 Å². The van der Waals surface area contributed by atoms with Crippen molar-refractivity contribution < 1.29 is 45.5 Å². The van der Waals surface area contributed by atoms with Gasteiger partial charge in [0, 0.05) is 12.6 Å². The first kappa shape index (κ1) is 26.6. The van der Waals surface area contributed by atoms with Gasteiger partial charge >= 0.3 is 12.1 Å². The van der Waals surface area contributed by atoms with E-state index in [4.69, 9.17) is 10.5 Å². The first-order valence-electron chi connectivity index (χ1n) is 10.8. The predicted octanol–water partition coefficient (Wildman–Crippen LogP) is 3.26. The summed E-state index contributed by atoms with van der Waals surface area (Å²) in [7, 11) is 0. The van der Waals surface area contributed by atoms with E-state index in [0.717, 1.165) is 43.7 Å². The standard InChI is InChI=1S/C22H25F6N3O4/c1-11-16(31(10-21(24,25)22(26,27)28)19(34)20(2,3)18(29)33)17(32)30(9-12-4-5-12)14-8-13(23)6-7-15(14)35-11/h6-8,11-12,16H,4-5,9-10H2,1-3H3,(H2,29,33)/t11-,16+/m1/s1. The Kier molecular flexibility index (Phi) is 6.77. The Morgan fingerprint density at radius 2 is 1.77 bits per heavy atom. The average Bonchev–Trinajstić information content (AvgIpc) is 3.55. The molecule has 3 amide bonds. The summed E-state index contributed by atoms with van der Waals surface area (Å²) < 4.78 is 87.5. The van der Waals surface area contributed by atoms with Gasteiger partial charge in [0.1, 0.15) is 29.1 Å². The van der Waals surface area contributed by atoms with Crippen LogP contribution < -0.4 is 15.4 Å². The molecule has 2 aliphatic rings. The highest BCUT2D eigenvalue weighted by Crippen LogP contribution is 2.41. The second-order valence-corrected chi connectivity index (χ2v) is 9.40. The second-order valence-electron chi connectivity index (χ2n) is 9.40. The number of primary amides is 1. The van der Waals surface area contributed by atoms with Crippen LogP contribution in [0, 0.1) is 17.2 Å². The van der Waals surface area contributed by atoms with Crippen LogP contribution in [-0.2, 0) is 14.4 Å². The summed E-state index contributed by atoms with van der Waals surface area (Å²) in [5.74, 6) is -10.0. The topological polar surface area (TPSA) is 92.9 Å². The number of amides is 3. The van der Waals surface area contributed by atoms with Gasteiger partial charge in [0.15, 0.2) is 0 Å². The smallest absolute Gasteiger partial charge is 0.455 e. The van der Waals surface area contributed by atoms with Crippen molar-refractivity contribution in [2.45, 2.75) is 57.9 Å². The average molecular weight is 509 g/mol. The summed E-state index contributed by atoms with van der Waals surface area (Å²) in [5.41, 5.74) is 2.94. The first-order chi connectivity index (χ1) is 16.0. The molecule has 0 aromatic heterocycles. The number of hydrogen-bond donors (Lipinski definition) is 1. The number of alkyl halides is 5. The van der Waals surface area contributed by atoms with Gasteiger partial charge in [-0.15, -0.1) is 0 Å². The van der Waals surface area contributed by atoms with Gasteiger partial charge in [-0.25, -0.2) is 4.39 Å². The molecule has 1 saturated carbocycles. The normalized spacial score (nSPS) is 21.2. The second kappa shape index (κ2) is 8.90. The molecule has 0 unspecified atom stereocenters. The van der Waals surface area contributed by atoms with Crippen molar-refractivity contribution in [3.8, 4) is 5.75 Å². The zero-order valence-corrected chi connectivity index (χ0v) is 19.2. The zero-order valence-electron chi connectivity index (χ0n) is 19.2. The Hall–Kier alpha value is -2.99. The molecule has 1 aliphatic carbocycles. The molecular formula is C22H25F6N3O4. The summed E-state index contributed by atoms with van der Waals surface area (Å²) in [6.07, 6.45) is -6.05. The maximum atomic E-state index is 14.2. The third kappa shape index (κ3) is 5.18. The number of carbonyl (C=O) groups is 3. The minimum Gasteiger partial charge on any atom is -0.486 e. The van der Waals surface area contributed by atoms with Crippen molar-refractivity contribution in [2.75, 3.05) is 18.0 Å². The highest BCUT2D eigenvalue weighted by atomic mass is 19.4. The van der Waals surface area contributed by atoms with Gasteiger partial charge in [-0.05, 0) is 51.7 Å². The fourth-order valence-corrected chi connectivity index (χ4v) is 3.74. The van der Waals surface area contributed by atoms with Crippen LogP contribution >= 0.6 is 0 Å². The number of hydrogen-bond acceptors (Lipinski definition) is 4. The first-order valence-corrected chi connectivity index (χ1v) is 10.8. The van der Waals surface area contributed by atoms with Gasteiger partial charge in [-0.1, -0.05) is 0 Å². The van der Waals surface area contributed by atoms with Crippen molar-refractivity contribution in [3.05, 3.63) is 24.0 Å². The van der Waals surface area contributed by atoms with E-state index in [9.17, 15) is 40.7 Å². The number of anilines is 1. The molecular weight excluding hydrogens is 484 g/mol. The zero-order chi connectivity index (χ0) is 26.5. The van der Waals surface area contributed by atoms with E-state index < -0.39 is 59.7 Å². The molecule has 0 spiro atoms. The third-order valence-corrected chi connectivity index (χ3v) is 6.16. The van der Waals surface area contributed by atoms with Crippen molar-refractivity contribution in [2.24, 2.45) is 17.1 Å². The number of nitrogens with two attached hydrogens (primary N) is 1. The molecule has 1 aliphatic heterocycles. The van der Waals surface area contributed by atoms with Crippen LogP contribution in [0.5, 0.6) is 5.75 Å². The minimum atomic E-state index is -6.06. The number of carbonyl (C=O) groups excluding carboxylic acids is 3. The maximum Gasteiger partial charge on any atom is 0.455 e. The van der Waals surface area contributed by atoms with Crippen molar-refractivity contribution >= 4 is 23.4 Å². The monoisotopic (exact) mass is 509 g/mol. The van der Waals surface area contributed by atoms with Crippen LogP contribution in [0.4, 0.5) is 32.0 Å². The number of halogens is 6. The lowest BCUT2D eigenvalue weighted by atomic mass is 9.89. The van der Waals surface area contributed by atoms with Crippen LogP contribution in [-0.4, -0.2) is 60.0 Å². The molecule has 3 rings (SSSR count). The largest absolute Gasteiger partial charge is 0.486 e. The van der Waals surface area contributed by atoms with Gasteiger partial charge in [0.25, 0.3) is 5.91 Å². The molecule has 7 nitrogen and oxygen atoms in total. The van der Waals surface area contributed by atoms with E-state index in [0.29, 0.717) is 0 Å². The highest BCUT2D eigenvalue weighted by molar-refractivity contribution is 6.07. The quantitative estimate of drug-likeness (QED) is 0.451. The lowest BCUT2D eigenvalue weighted by Gasteiger charge is -2.39. The SMILES string of the molecule is C[C@H]1Oc2ccc(F)cc2N(CC2CC2)C(=O)[C@H]1N(CC(F)(F)C(F)(F)F)C(=O)C(C)(C)C(N)=O. The lowest BCUT2D eigenvalue weighted by molar-refractivity contribution is -0.287. The fourth-order valence-electron chi connectivity index (χ4n) is 3.74. The molecule has 1 fully saturated rings. The van der Waals surface area contributed by atoms with Gasteiger partial charge in [-0.3, -0.25) is 14.4 Å². The Morgan fingerprint density at radius 1 is 1.17 bits per heavy atom. The van der Waals surface area contributed by atoms with Crippen molar-refractivity contribution in [1.29, 1.82) is 0 Å².